The molecule has 2 aromatic carbocycles. The van der Waals surface area contributed by atoms with Crippen LogP contribution in [0, 0.1) is 0 Å². The van der Waals surface area contributed by atoms with Gasteiger partial charge in [0.25, 0.3) is 5.82 Å². The van der Waals surface area contributed by atoms with E-state index in [1.807, 2.05) is 12.1 Å². The van der Waals surface area contributed by atoms with Crippen molar-refractivity contribution in [3.05, 3.63) is 70.2 Å². The van der Waals surface area contributed by atoms with Gasteiger partial charge < -0.3 is 33.8 Å². The lowest BCUT2D eigenvalue weighted by Crippen LogP contribution is -3.00. The molecule has 0 atom stereocenters. The fourth-order valence-electron chi connectivity index (χ4n) is 5.06. The highest BCUT2D eigenvalue weighted by atomic mass is 127. The SMILES string of the molecule is CCN1C(=CC=C2CC[n+]3c2n(CC)c2cc(Cl)ccc23)N(CC)c2cc(Cl)ccc21.[I-]. The second kappa shape index (κ2) is 9.27. The van der Waals surface area contributed by atoms with Crippen molar-refractivity contribution < 1.29 is 28.5 Å². The number of hydrogen-bond donors (Lipinski definition) is 0. The van der Waals surface area contributed by atoms with Crippen LogP contribution in [0.2, 0.25) is 10.0 Å². The van der Waals surface area contributed by atoms with Crippen LogP contribution in [0.25, 0.3) is 16.6 Å². The maximum absolute atomic E-state index is 6.31. The van der Waals surface area contributed by atoms with E-state index >= 15 is 0 Å². The molecule has 1 aromatic heterocycles. The summed E-state index contributed by atoms with van der Waals surface area (Å²) in [6.07, 6.45) is 5.62. The van der Waals surface area contributed by atoms with Gasteiger partial charge >= 0.3 is 0 Å². The summed E-state index contributed by atoms with van der Waals surface area (Å²) in [5.74, 6) is 2.50. The minimum Gasteiger partial charge on any atom is -1.00 e. The maximum atomic E-state index is 6.31. The summed E-state index contributed by atoms with van der Waals surface area (Å²) in [5, 5.41) is 1.56. The number of anilines is 2. The molecule has 2 aliphatic heterocycles. The van der Waals surface area contributed by atoms with Crippen molar-refractivity contribution in [2.24, 2.45) is 0 Å². The molecule has 0 fully saturated rings. The van der Waals surface area contributed by atoms with Crippen molar-refractivity contribution in [1.29, 1.82) is 0 Å². The van der Waals surface area contributed by atoms with E-state index in [-0.39, 0.29) is 24.0 Å². The fourth-order valence-corrected chi connectivity index (χ4v) is 5.40. The number of allylic oxidation sites excluding steroid dienone is 3. The summed E-state index contributed by atoms with van der Waals surface area (Å²) >= 11 is 12.6. The summed E-state index contributed by atoms with van der Waals surface area (Å²) < 4.78 is 4.81. The van der Waals surface area contributed by atoms with Crippen LogP contribution in [-0.4, -0.2) is 17.7 Å². The normalized spacial score (nSPS) is 17.4. The molecule has 32 heavy (non-hydrogen) atoms. The summed E-state index contributed by atoms with van der Waals surface area (Å²) in [7, 11) is 0. The van der Waals surface area contributed by atoms with Crippen LogP contribution in [0.3, 0.4) is 0 Å². The average Bonchev–Trinajstić information content (AvgIpc) is 3.40. The highest BCUT2D eigenvalue weighted by molar-refractivity contribution is 6.31. The zero-order valence-corrected chi connectivity index (χ0v) is 22.2. The highest BCUT2D eigenvalue weighted by Crippen LogP contribution is 2.43. The Morgan fingerprint density at radius 1 is 0.875 bits per heavy atom. The van der Waals surface area contributed by atoms with Crippen molar-refractivity contribution in [2.45, 2.75) is 40.3 Å². The van der Waals surface area contributed by atoms with E-state index in [2.05, 4.69) is 76.1 Å². The summed E-state index contributed by atoms with van der Waals surface area (Å²) in [4.78, 5) is 4.71. The molecule has 0 N–H and O–H groups in total. The quantitative estimate of drug-likeness (QED) is 0.348. The third-order valence-corrected chi connectivity index (χ3v) is 6.85. The molecule has 0 aliphatic carbocycles. The van der Waals surface area contributed by atoms with Crippen LogP contribution in [-0.2, 0) is 13.1 Å². The molecule has 5 rings (SSSR count). The van der Waals surface area contributed by atoms with Gasteiger partial charge in [-0.2, -0.15) is 0 Å². The number of imidazole rings is 1. The van der Waals surface area contributed by atoms with Gasteiger partial charge in [0.1, 0.15) is 5.82 Å². The van der Waals surface area contributed by atoms with Gasteiger partial charge in [0.2, 0.25) is 0 Å². The van der Waals surface area contributed by atoms with Crippen molar-refractivity contribution in [1.82, 2.24) is 4.57 Å². The molecule has 168 valence electrons. The minimum absolute atomic E-state index is 0. The van der Waals surface area contributed by atoms with Crippen LogP contribution < -0.4 is 38.3 Å². The molecule has 3 heterocycles. The molecule has 0 saturated carbocycles. The van der Waals surface area contributed by atoms with E-state index in [9.17, 15) is 0 Å². The van der Waals surface area contributed by atoms with Crippen LogP contribution >= 0.6 is 23.2 Å². The molecule has 0 bridgehead atoms. The minimum atomic E-state index is 0. The Hall–Kier alpha value is -1.70. The zero-order chi connectivity index (χ0) is 21.7. The van der Waals surface area contributed by atoms with Crippen molar-refractivity contribution >= 4 is 51.2 Å². The lowest BCUT2D eigenvalue weighted by molar-refractivity contribution is -0.664. The first kappa shape index (κ1) is 23.5. The Balaban J connectivity index is 0.00000245. The Bertz CT molecular complexity index is 1240. The number of hydrogen-bond acceptors (Lipinski definition) is 2. The van der Waals surface area contributed by atoms with E-state index < -0.39 is 0 Å². The van der Waals surface area contributed by atoms with E-state index in [1.54, 1.807) is 0 Å². The van der Waals surface area contributed by atoms with Gasteiger partial charge in [0, 0.05) is 41.2 Å². The molecular formula is C25H27Cl2IN4. The Morgan fingerprint density at radius 2 is 1.56 bits per heavy atom. The Labute approximate surface area is 216 Å². The summed E-state index contributed by atoms with van der Waals surface area (Å²) in [6.45, 7) is 10.3. The van der Waals surface area contributed by atoms with E-state index in [1.165, 1.54) is 39.6 Å². The van der Waals surface area contributed by atoms with Crippen molar-refractivity contribution in [2.75, 3.05) is 22.9 Å². The molecule has 0 spiro atoms. The number of rotatable bonds is 4. The molecular weight excluding hydrogens is 554 g/mol. The number of nitrogens with zero attached hydrogens (tertiary/aromatic N) is 4. The second-order valence-corrected chi connectivity index (χ2v) is 8.81. The monoisotopic (exact) mass is 580 g/mol. The van der Waals surface area contributed by atoms with Gasteiger partial charge in [0.05, 0.1) is 24.5 Å². The Kier molecular flexibility index (Phi) is 6.80. The smallest absolute Gasteiger partial charge is 0.285 e. The first-order chi connectivity index (χ1) is 15.1. The standard InChI is InChI=1S/C25H27Cl2N4.HI/c1-4-28-20-10-8-18(26)15-22(20)29(5-2)24(28)12-7-17-13-14-31-21-11-9-19(27)16-23(21)30(6-3)25(17)31;/h7-12,15-16H,4-6,13-14H2,1-3H3;1H/q+1;/p-1. The zero-order valence-electron chi connectivity index (χ0n) is 18.6. The number of aryl methyl sites for hydroxylation is 2. The van der Waals surface area contributed by atoms with Crippen LogP contribution in [0.5, 0.6) is 0 Å². The lowest BCUT2D eigenvalue weighted by Gasteiger charge is -2.23. The summed E-state index contributed by atoms with van der Waals surface area (Å²) in [6, 6.07) is 12.4. The molecule has 3 aromatic rings. The number of aromatic nitrogens is 2. The van der Waals surface area contributed by atoms with Crippen LogP contribution in [0.15, 0.2) is 54.4 Å². The Morgan fingerprint density at radius 3 is 2.28 bits per heavy atom. The second-order valence-electron chi connectivity index (χ2n) is 7.94. The lowest BCUT2D eigenvalue weighted by atomic mass is 10.2. The van der Waals surface area contributed by atoms with Gasteiger partial charge in [-0.3, -0.25) is 0 Å². The van der Waals surface area contributed by atoms with Gasteiger partial charge in [-0.25, -0.2) is 9.13 Å². The van der Waals surface area contributed by atoms with E-state index in [4.69, 9.17) is 23.2 Å². The average molecular weight is 581 g/mol. The molecule has 0 saturated heterocycles. The summed E-state index contributed by atoms with van der Waals surface area (Å²) in [5.41, 5.74) is 6.22. The van der Waals surface area contributed by atoms with Crippen molar-refractivity contribution in [3.63, 3.8) is 0 Å². The van der Waals surface area contributed by atoms with Gasteiger partial charge in [0.15, 0.2) is 11.0 Å². The van der Waals surface area contributed by atoms with E-state index in [0.29, 0.717) is 0 Å². The predicted molar refractivity (Wildman–Crippen MR) is 131 cm³/mol. The molecule has 4 nitrogen and oxygen atoms in total. The number of halogens is 3. The molecule has 0 amide bonds. The third-order valence-electron chi connectivity index (χ3n) is 6.38. The highest BCUT2D eigenvalue weighted by Gasteiger charge is 2.33. The van der Waals surface area contributed by atoms with E-state index in [0.717, 1.165) is 42.6 Å². The predicted octanol–water partition coefficient (Wildman–Crippen LogP) is 3.25. The maximum Gasteiger partial charge on any atom is 0.285 e. The molecule has 0 radical (unpaired) electrons. The number of benzene rings is 2. The number of fused-ring (bicyclic) bond motifs is 4. The fraction of sp³-hybridized carbons (Fsp3) is 0.320. The van der Waals surface area contributed by atoms with Crippen molar-refractivity contribution in [3.8, 4) is 0 Å². The molecule has 0 unspecified atom stereocenters. The largest absolute Gasteiger partial charge is 1.00 e. The van der Waals surface area contributed by atoms with Gasteiger partial charge in [-0.15, -0.1) is 0 Å². The van der Waals surface area contributed by atoms with Gasteiger partial charge in [-0.1, -0.05) is 23.2 Å². The van der Waals surface area contributed by atoms with Gasteiger partial charge in [-0.05, 0) is 63.3 Å². The first-order valence-electron chi connectivity index (χ1n) is 11.0. The van der Waals surface area contributed by atoms with Crippen LogP contribution in [0.1, 0.15) is 33.0 Å². The first-order valence-corrected chi connectivity index (χ1v) is 11.8. The molecule has 2 aliphatic rings. The third kappa shape index (κ3) is 3.62. The van der Waals surface area contributed by atoms with Crippen LogP contribution in [0.4, 0.5) is 11.4 Å². The molecule has 7 heteroatoms. The topological polar surface area (TPSA) is 15.3 Å².